The maximum absolute atomic E-state index is 13.5. The number of sulfonamides is 1. The summed E-state index contributed by atoms with van der Waals surface area (Å²) in [6, 6.07) is 3.49. The highest BCUT2D eigenvalue weighted by Crippen LogP contribution is 2.28. The van der Waals surface area contributed by atoms with E-state index in [-0.39, 0.29) is 25.7 Å². The predicted molar refractivity (Wildman–Crippen MR) is 142 cm³/mol. The first-order valence-corrected chi connectivity index (χ1v) is 14.9. The lowest BCUT2D eigenvalue weighted by Crippen LogP contribution is -2.41. The lowest BCUT2D eigenvalue weighted by Gasteiger charge is -2.32. The first-order chi connectivity index (χ1) is 17.3. The van der Waals surface area contributed by atoms with Gasteiger partial charge in [0.15, 0.2) is 0 Å². The largest absolute Gasteiger partial charge is 0.497 e. The normalized spacial score (nSPS) is 17.8. The van der Waals surface area contributed by atoms with Crippen LogP contribution in [0.1, 0.15) is 56.6 Å². The van der Waals surface area contributed by atoms with Gasteiger partial charge in [0.25, 0.3) is 0 Å². The average molecular weight is 524 g/mol. The maximum Gasteiger partial charge on any atom is 0.248 e. The molecule has 0 aromatic heterocycles. The lowest BCUT2D eigenvalue weighted by molar-refractivity contribution is -0.137. The van der Waals surface area contributed by atoms with E-state index in [4.69, 9.17) is 9.47 Å². The van der Waals surface area contributed by atoms with Crippen LogP contribution in [0, 0.1) is 19.8 Å². The van der Waals surface area contributed by atoms with E-state index in [9.17, 15) is 13.2 Å². The number of amides is 1. The molecule has 204 valence electrons. The highest BCUT2D eigenvalue weighted by Gasteiger charge is 2.28. The number of piperidine rings is 1. The van der Waals surface area contributed by atoms with E-state index in [1.165, 1.54) is 43.2 Å². The van der Waals surface area contributed by atoms with Gasteiger partial charge in [-0.15, -0.1) is 0 Å². The maximum atomic E-state index is 13.5. The number of aryl methyl sites for hydroxylation is 2. The second-order valence-electron chi connectivity index (χ2n) is 10.2. The van der Waals surface area contributed by atoms with Gasteiger partial charge >= 0.3 is 0 Å². The molecule has 9 heteroatoms. The van der Waals surface area contributed by atoms with E-state index in [2.05, 4.69) is 4.90 Å². The van der Waals surface area contributed by atoms with Gasteiger partial charge in [0.05, 0.1) is 18.6 Å². The van der Waals surface area contributed by atoms with Crippen LogP contribution in [0.2, 0.25) is 0 Å². The quantitative estimate of drug-likeness (QED) is 0.369. The molecule has 1 aromatic carbocycles. The summed E-state index contributed by atoms with van der Waals surface area (Å²) in [5, 5.41) is 0. The number of carbonyl (C=O) groups excluding carboxylic acids is 1. The van der Waals surface area contributed by atoms with Crippen molar-refractivity contribution in [3.8, 4) is 5.75 Å². The summed E-state index contributed by atoms with van der Waals surface area (Å²) >= 11 is 0. The van der Waals surface area contributed by atoms with E-state index in [0.29, 0.717) is 40.7 Å². The van der Waals surface area contributed by atoms with Crippen LogP contribution < -0.4 is 4.74 Å². The third-order valence-corrected chi connectivity index (χ3v) is 9.68. The SMILES string of the molecule is CCCN(CCOCC(=O)N1CCC(CCN2CCCC2)CC1)S(=O)(=O)c1c(C)cc(OC)cc1C. The summed E-state index contributed by atoms with van der Waals surface area (Å²) in [5.41, 5.74) is 1.32. The Hall–Kier alpha value is -1.68. The van der Waals surface area contributed by atoms with Crippen LogP contribution in [-0.4, -0.2) is 94.6 Å². The number of ether oxygens (including phenoxy) is 2. The Morgan fingerprint density at radius 1 is 1.06 bits per heavy atom. The Bertz CT molecular complexity index is 931. The summed E-state index contributed by atoms with van der Waals surface area (Å²) < 4.78 is 39.3. The molecule has 0 aliphatic carbocycles. The lowest BCUT2D eigenvalue weighted by atomic mass is 9.93. The molecular weight excluding hydrogens is 478 g/mol. The standard InChI is InChI=1S/C27H45N3O5S/c1-5-11-30(36(32,33)27-22(2)19-25(34-4)20-23(27)3)17-18-35-21-26(31)29-15-9-24(10-16-29)8-14-28-12-6-7-13-28/h19-20,24H,5-18,21H2,1-4H3. The van der Waals surface area contributed by atoms with E-state index < -0.39 is 10.0 Å². The number of hydrogen-bond acceptors (Lipinski definition) is 6. The number of hydrogen-bond donors (Lipinski definition) is 0. The third kappa shape index (κ3) is 7.66. The Morgan fingerprint density at radius 3 is 2.28 bits per heavy atom. The molecule has 36 heavy (non-hydrogen) atoms. The molecule has 0 saturated carbocycles. The Morgan fingerprint density at radius 2 is 1.69 bits per heavy atom. The second-order valence-corrected chi connectivity index (χ2v) is 12.1. The van der Waals surface area contributed by atoms with Gasteiger partial charge in [0.1, 0.15) is 12.4 Å². The van der Waals surface area contributed by atoms with Crippen molar-refractivity contribution >= 4 is 15.9 Å². The molecule has 1 amide bonds. The number of nitrogens with zero attached hydrogens (tertiary/aromatic N) is 3. The number of methoxy groups -OCH3 is 1. The first kappa shape index (κ1) is 28.9. The molecule has 0 atom stereocenters. The zero-order valence-electron chi connectivity index (χ0n) is 22.6. The van der Waals surface area contributed by atoms with Crippen molar-refractivity contribution in [3.05, 3.63) is 23.3 Å². The molecular formula is C27H45N3O5S. The van der Waals surface area contributed by atoms with Gasteiger partial charge in [-0.05, 0) is 101 Å². The molecule has 0 radical (unpaired) electrons. The molecule has 0 unspecified atom stereocenters. The molecule has 1 aromatic rings. The minimum atomic E-state index is -3.69. The van der Waals surface area contributed by atoms with Gasteiger partial charge in [-0.2, -0.15) is 4.31 Å². The molecule has 2 aliphatic rings. The number of likely N-dealkylation sites (tertiary alicyclic amines) is 2. The average Bonchev–Trinajstić information content (AvgIpc) is 3.38. The predicted octanol–water partition coefficient (Wildman–Crippen LogP) is 3.45. The summed E-state index contributed by atoms with van der Waals surface area (Å²) in [4.78, 5) is 17.4. The van der Waals surface area contributed by atoms with E-state index >= 15 is 0 Å². The second kappa shape index (κ2) is 13.7. The summed E-state index contributed by atoms with van der Waals surface area (Å²) in [5.74, 6) is 1.34. The molecule has 8 nitrogen and oxygen atoms in total. The number of rotatable bonds is 13. The monoisotopic (exact) mass is 523 g/mol. The van der Waals surface area contributed by atoms with Crippen LogP contribution in [0.15, 0.2) is 17.0 Å². The van der Waals surface area contributed by atoms with Crippen LogP contribution in [0.4, 0.5) is 0 Å². The van der Waals surface area contributed by atoms with Gasteiger partial charge in [0.2, 0.25) is 15.9 Å². The topological polar surface area (TPSA) is 79.4 Å². The highest BCUT2D eigenvalue weighted by molar-refractivity contribution is 7.89. The van der Waals surface area contributed by atoms with Gasteiger partial charge in [-0.3, -0.25) is 4.79 Å². The van der Waals surface area contributed by atoms with Crippen LogP contribution in [0.5, 0.6) is 5.75 Å². The smallest absolute Gasteiger partial charge is 0.248 e. The van der Waals surface area contributed by atoms with Crippen LogP contribution in [0.3, 0.4) is 0 Å². The van der Waals surface area contributed by atoms with Crippen molar-refractivity contribution in [2.75, 3.05) is 66.1 Å². The fourth-order valence-electron chi connectivity index (χ4n) is 5.43. The molecule has 2 saturated heterocycles. The Kier molecular flexibility index (Phi) is 11.0. The van der Waals surface area contributed by atoms with Gasteiger partial charge in [-0.1, -0.05) is 6.92 Å². The fraction of sp³-hybridized carbons (Fsp3) is 0.741. The van der Waals surface area contributed by atoms with Gasteiger partial charge in [0, 0.05) is 26.2 Å². The Labute approximate surface area is 218 Å². The molecule has 3 rings (SSSR count). The van der Waals surface area contributed by atoms with Crippen molar-refractivity contribution in [1.82, 2.24) is 14.1 Å². The summed E-state index contributed by atoms with van der Waals surface area (Å²) in [6.45, 7) is 11.6. The van der Waals surface area contributed by atoms with Crippen molar-refractivity contribution in [2.24, 2.45) is 5.92 Å². The summed E-state index contributed by atoms with van der Waals surface area (Å²) in [7, 11) is -2.12. The minimum Gasteiger partial charge on any atom is -0.497 e. The number of benzene rings is 1. The van der Waals surface area contributed by atoms with E-state index in [0.717, 1.165) is 25.9 Å². The first-order valence-electron chi connectivity index (χ1n) is 13.5. The van der Waals surface area contributed by atoms with Crippen molar-refractivity contribution < 1.29 is 22.7 Å². The molecule has 0 N–H and O–H groups in total. The number of carbonyl (C=O) groups is 1. The zero-order chi connectivity index (χ0) is 26.1. The fourth-order valence-corrected chi connectivity index (χ4v) is 7.35. The van der Waals surface area contributed by atoms with Crippen LogP contribution in [0.25, 0.3) is 0 Å². The Balaban J connectivity index is 1.44. The molecule has 2 fully saturated rings. The highest BCUT2D eigenvalue weighted by atomic mass is 32.2. The van der Waals surface area contributed by atoms with Crippen molar-refractivity contribution in [2.45, 2.75) is 64.2 Å². The van der Waals surface area contributed by atoms with E-state index in [1.807, 2.05) is 11.8 Å². The minimum absolute atomic E-state index is 0.000245. The molecule has 0 spiro atoms. The van der Waals surface area contributed by atoms with E-state index in [1.54, 1.807) is 33.1 Å². The zero-order valence-corrected chi connectivity index (χ0v) is 23.4. The molecule has 0 bridgehead atoms. The van der Waals surface area contributed by atoms with Crippen molar-refractivity contribution in [1.29, 1.82) is 0 Å². The third-order valence-electron chi connectivity index (χ3n) is 7.47. The van der Waals surface area contributed by atoms with Gasteiger partial charge in [-0.25, -0.2) is 8.42 Å². The van der Waals surface area contributed by atoms with Crippen molar-refractivity contribution in [3.63, 3.8) is 0 Å². The van der Waals surface area contributed by atoms with Crippen LogP contribution in [-0.2, 0) is 19.6 Å². The molecule has 2 heterocycles. The summed E-state index contributed by atoms with van der Waals surface area (Å²) in [6.07, 6.45) is 6.70. The van der Waals surface area contributed by atoms with Gasteiger partial charge < -0.3 is 19.3 Å². The molecule has 2 aliphatic heterocycles. The van der Waals surface area contributed by atoms with Crippen LogP contribution >= 0.6 is 0 Å².